The van der Waals surface area contributed by atoms with Gasteiger partial charge in [0.1, 0.15) is 0 Å². The Morgan fingerprint density at radius 3 is 1.12 bits per heavy atom. The predicted octanol–water partition coefficient (Wildman–Crippen LogP) is 9.00. The van der Waals surface area contributed by atoms with Gasteiger partial charge in [0, 0.05) is 0 Å². The maximum absolute atomic E-state index is 9.63. The first-order valence-corrected chi connectivity index (χ1v) is 15.4. The first kappa shape index (κ1) is 33.6. The SMILES string of the molecule is CCCCCCCCCCCCCCCCCCCCCCCCCC/C=C/[C@@H](O)[C@@H](N)CO. The first-order valence-electron chi connectivity index (χ1n) is 15.4. The van der Waals surface area contributed by atoms with Crippen LogP contribution in [0.25, 0.3) is 0 Å². The van der Waals surface area contributed by atoms with Gasteiger partial charge in [-0.05, 0) is 12.8 Å². The molecule has 0 saturated carbocycles. The van der Waals surface area contributed by atoms with Crippen molar-refractivity contribution in [3.8, 4) is 0 Å². The van der Waals surface area contributed by atoms with Gasteiger partial charge in [-0.25, -0.2) is 0 Å². The number of allylic oxidation sites excluding steroid dienone is 1. The molecule has 0 bridgehead atoms. The number of rotatable bonds is 28. The van der Waals surface area contributed by atoms with E-state index in [-0.39, 0.29) is 6.61 Å². The number of aliphatic hydroxyl groups excluding tert-OH is 2. The summed E-state index contributed by atoms with van der Waals surface area (Å²) in [5.74, 6) is 0. The number of aliphatic hydroxyl groups is 2. The summed E-state index contributed by atoms with van der Waals surface area (Å²) >= 11 is 0. The second-order valence-electron chi connectivity index (χ2n) is 10.7. The molecule has 0 aliphatic carbocycles. The van der Waals surface area contributed by atoms with E-state index in [1.54, 1.807) is 6.08 Å². The molecule has 0 radical (unpaired) electrons. The van der Waals surface area contributed by atoms with Crippen molar-refractivity contribution in [1.82, 2.24) is 0 Å². The molecule has 0 fully saturated rings. The van der Waals surface area contributed by atoms with Crippen LogP contribution in [0.5, 0.6) is 0 Å². The fraction of sp³-hybridized carbons (Fsp3) is 0.935. The van der Waals surface area contributed by atoms with E-state index < -0.39 is 12.1 Å². The van der Waals surface area contributed by atoms with Crippen molar-refractivity contribution < 1.29 is 10.2 Å². The van der Waals surface area contributed by atoms with Crippen molar-refractivity contribution in [2.75, 3.05) is 6.61 Å². The smallest absolute Gasteiger partial charge is 0.0894 e. The van der Waals surface area contributed by atoms with Gasteiger partial charge < -0.3 is 15.9 Å². The molecule has 2 atom stereocenters. The first-order chi connectivity index (χ1) is 16.7. The van der Waals surface area contributed by atoms with Gasteiger partial charge in [-0.1, -0.05) is 167 Å². The van der Waals surface area contributed by atoms with Crippen LogP contribution in [-0.4, -0.2) is 29.0 Å². The third-order valence-electron chi connectivity index (χ3n) is 7.21. The lowest BCUT2D eigenvalue weighted by atomic mass is 10.0. The Morgan fingerprint density at radius 2 is 0.824 bits per heavy atom. The van der Waals surface area contributed by atoms with Crippen molar-refractivity contribution in [1.29, 1.82) is 0 Å². The zero-order chi connectivity index (χ0) is 25.0. The summed E-state index contributed by atoms with van der Waals surface area (Å²) in [7, 11) is 0. The average molecular weight is 482 g/mol. The van der Waals surface area contributed by atoms with E-state index in [2.05, 4.69) is 6.92 Å². The number of hydrogen-bond acceptors (Lipinski definition) is 3. The van der Waals surface area contributed by atoms with Crippen molar-refractivity contribution in [3.05, 3.63) is 12.2 Å². The Kier molecular flexibility index (Phi) is 28.5. The second-order valence-corrected chi connectivity index (χ2v) is 10.7. The van der Waals surface area contributed by atoms with Gasteiger partial charge in [0.15, 0.2) is 0 Å². The monoisotopic (exact) mass is 481 g/mol. The van der Waals surface area contributed by atoms with Gasteiger partial charge in [-0.3, -0.25) is 0 Å². The van der Waals surface area contributed by atoms with E-state index in [1.807, 2.05) is 6.08 Å². The third kappa shape index (κ3) is 26.2. The van der Waals surface area contributed by atoms with E-state index >= 15 is 0 Å². The van der Waals surface area contributed by atoms with Crippen molar-refractivity contribution in [2.45, 2.75) is 180 Å². The van der Waals surface area contributed by atoms with E-state index in [0.29, 0.717) is 0 Å². The molecule has 0 aromatic carbocycles. The molecule has 0 aromatic rings. The standard InChI is InChI=1S/C31H63NO2/c1-2-3-4-5-6-7-8-9-10-11-12-13-14-15-16-17-18-19-20-21-22-23-24-25-26-27-28-31(34)30(32)29-33/h27-28,30-31,33-34H,2-26,29,32H2,1H3/b28-27+/t30-,31+/m0/s1. The Bertz CT molecular complexity index is 399. The zero-order valence-corrected chi connectivity index (χ0v) is 23.2. The van der Waals surface area contributed by atoms with Crippen LogP contribution >= 0.6 is 0 Å². The van der Waals surface area contributed by atoms with Gasteiger partial charge in [-0.15, -0.1) is 0 Å². The highest BCUT2D eigenvalue weighted by molar-refractivity contribution is 4.93. The number of hydrogen-bond donors (Lipinski definition) is 3. The van der Waals surface area contributed by atoms with E-state index in [0.717, 1.165) is 6.42 Å². The summed E-state index contributed by atoms with van der Waals surface area (Å²) in [5, 5.41) is 18.5. The van der Waals surface area contributed by atoms with Crippen LogP contribution in [0, 0.1) is 0 Å². The second kappa shape index (κ2) is 28.9. The molecule has 3 nitrogen and oxygen atoms in total. The van der Waals surface area contributed by atoms with Gasteiger partial charge in [0.05, 0.1) is 18.8 Å². The fourth-order valence-electron chi connectivity index (χ4n) is 4.71. The van der Waals surface area contributed by atoms with Gasteiger partial charge in [0.2, 0.25) is 0 Å². The molecule has 204 valence electrons. The van der Waals surface area contributed by atoms with Crippen LogP contribution in [-0.2, 0) is 0 Å². The molecule has 34 heavy (non-hydrogen) atoms. The number of nitrogens with two attached hydrogens (primary N) is 1. The highest BCUT2D eigenvalue weighted by Crippen LogP contribution is 2.15. The quantitative estimate of drug-likeness (QED) is 0.0771. The third-order valence-corrected chi connectivity index (χ3v) is 7.21. The molecule has 0 amide bonds. The van der Waals surface area contributed by atoms with Crippen LogP contribution in [0.2, 0.25) is 0 Å². The molecule has 0 aromatic heterocycles. The zero-order valence-electron chi connectivity index (χ0n) is 23.2. The maximum Gasteiger partial charge on any atom is 0.0894 e. The van der Waals surface area contributed by atoms with E-state index in [1.165, 1.54) is 154 Å². The highest BCUT2D eigenvalue weighted by atomic mass is 16.3. The maximum atomic E-state index is 9.63. The van der Waals surface area contributed by atoms with Crippen molar-refractivity contribution in [2.24, 2.45) is 5.73 Å². The molecule has 0 rings (SSSR count). The Hall–Kier alpha value is -0.380. The lowest BCUT2D eigenvalue weighted by Crippen LogP contribution is -2.36. The largest absolute Gasteiger partial charge is 0.395 e. The average Bonchev–Trinajstić information content (AvgIpc) is 2.85. The Labute approximate surface area is 214 Å². The summed E-state index contributed by atoms with van der Waals surface area (Å²) in [5.41, 5.74) is 5.57. The Morgan fingerprint density at radius 1 is 0.529 bits per heavy atom. The van der Waals surface area contributed by atoms with E-state index in [4.69, 9.17) is 10.8 Å². The van der Waals surface area contributed by atoms with Crippen molar-refractivity contribution in [3.63, 3.8) is 0 Å². The van der Waals surface area contributed by atoms with Crippen LogP contribution in [0.15, 0.2) is 12.2 Å². The molecular weight excluding hydrogens is 418 g/mol. The summed E-state index contributed by atoms with van der Waals surface area (Å²) < 4.78 is 0. The molecule has 4 N–H and O–H groups in total. The summed E-state index contributed by atoms with van der Waals surface area (Å²) in [6.45, 7) is 2.12. The molecule has 0 aliphatic rings. The molecule has 0 heterocycles. The minimum atomic E-state index is -0.723. The molecule has 0 unspecified atom stereocenters. The summed E-state index contributed by atoms with van der Waals surface area (Å²) in [4.78, 5) is 0. The fourth-order valence-corrected chi connectivity index (χ4v) is 4.71. The highest BCUT2D eigenvalue weighted by Gasteiger charge is 2.08. The van der Waals surface area contributed by atoms with Crippen LogP contribution in [0.4, 0.5) is 0 Å². The van der Waals surface area contributed by atoms with Gasteiger partial charge in [-0.2, -0.15) is 0 Å². The molecular formula is C31H63NO2. The normalized spacial score (nSPS) is 13.6. The summed E-state index contributed by atoms with van der Waals surface area (Å²) in [6, 6.07) is -0.560. The molecule has 0 aliphatic heterocycles. The van der Waals surface area contributed by atoms with Crippen LogP contribution in [0.1, 0.15) is 167 Å². The minimum absolute atomic E-state index is 0.176. The van der Waals surface area contributed by atoms with Gasteiger partial charge >= 0.3 is 0 Å². The van der Waals surface area contributed by atoms with Crippen LogP contribution < -0.4 is 5.73 Å². The molecule has 3 heteroatoms. The molecule has 0 spiro atoms. The number of unbranched alkanes of at least 4 members (excludes halogenated alkanes) is 24. The Balaban J connectivity index is 3.11. The van der Waals surface area contributed by atoms with Crippen LogP contribution in [0.3, 0.4) is 0 Å². The lowest BCUT2D eigenvalue weighted by molar-refractivity contribution is 0.144. The van der Waals surface area contributed by atoms with Crippen molar-refractivity contribution >= 4 is 0 Å². The van der Waals surface area contributed by atoms with E-state index in [9.17, 15) is 5.11 Å². The molecule has 0 saturated heterocycles. The van der Waals surface area contributed by atoms with Gasteiger partial charge in [0.25, 0.3) is 0 Å². The minimum Gasteiger partial charge on any atom is -0.395 e. The topological polar surface area (TPSA) is 66.5 Å². The lowest BCUT2D eigenvalue weighted by Gasteiger charge is -2.11. The summed E-state index contributed by atoms with van der Waals surface area (Å²) in [6.07, 6.45) is 38.0. The predicted molar refractivity (Wildman–Crippen MR) is 151 cm³/mol.